The van der Waals surface area contributed by atoms with Gasteiger partial charge in [0.2, 0.25) is 0 Å². The van der Waals surface area contributed by atoms with Crippen LogP contribution >= 0.6 is 29.4 Å². The van der Waals surface area contributed by atoms with E-state index in [-0.39, 0.29) is 55.6 Å². The number of halogens is 2. The largest absolute Gasteiger partial charge is 2.00 e. The summed E-state index contributed by atoms with van der Waals surface area (Å²) in [6, 6.07) is 29.3. The molecule has 0 aliphatic carbocycles. The molecule has 4 rings (SSSR count). The average molecular weight is 497 g/mol. The summed E-state index contributed by atoms with van der Waals surface area (Å²) in [6.07, 6.45) is 0. The Kier molecular flexibility index (Phi) is 15.9. The first kappa shape index (κ1) is 25.8. The first-order valence-corrected chi connectivity index (χ1v) is 9.14. The second-order valence-corrected chi connectivity index (χ2v) is 5.81. The minimum Gasteiger partial charge on any atom is -0.168 e. The molecule has 4 aromatic carbocycles. The fraction of sp³-hybridized carbons (Fsp3) is 0.100. The van der Waals surface area contributed by atoms with Crippen LogP contribution < -0.4 is 0 Å². The Morgan fingerprint density at radius 1 is 0.667 bits per heavy atom. The SMILES string of the molecule is Br.C[Si]C.Cl.[Zr+2].c1ccc2[cH-]ccc2c1.c1ccc2[cH-]ccc2c1. The van der Waals surface area contributed by atoms with Crippen LogP contribution in [0.4, 0.5) is 0 Å². The predicted molar refractivity (Wildman–Crippen MR) is 114 cm³/mol. The molecule has 0 fully saturated rings. The maximum Gasteiger partial charge on any atom is 2.00 e. The Balaban J connectivity index is 0. The van der Waals surface area contributed by atoms with E-state index >= 15 is 0 Å². The Morgan fingerprint density at radius 2 is 1.00 bits per heavy atom. The third-order valence-corrected chi connectivity index (χ3v) is 3.10. The molecule has 0 saturated heterocycles. The van der Waals surface area contributed by atoms with Gasteiger partial charge in [-0.25, -0.2) is 0 Å². The van der Waals surface area contributed by atoms with Crippen molar-refractivity contribution in [1.82, 2.24) is 0 Å². The average Bonchev–Trinajstić information content (AvgIpc) is 3.17. The quantitative estimate of drug-likeness (QED) is 0.183. The van der Waals surface area contributed by atoms with Gasteiger partial charge in [-0.15, -0.1) is 88.7 Å². The number of benzene rings is 2. The first-order valence-electron chi connectivity index (χ1n) is 7.14. The van der Waals surface area contributed by atoms with E-state index in [2.05, 4.69) is 98.0 Å². The molecule has 0 heterocycles. The van der Waals surface area contributed by atoms with Gasteiger partial charge >= 0.3 is 26.2 Å². The molecular weight excluding hydrogens is 475 g/mol. The van der Waals surface area contributed by atoms with Crippen molar-refractivity contribution in [2.45, 2.75) is 13.1 Å². The zero-order valence-corrected chi connectivity index (χ0v) is 19.9. The molecule has 4 heteroatoms. The monoisotopic (exact) mass is 494 g/mol. The van der Waals surface area contributed by atoms with Crippen molar-refractivity contribution in [3.05, 3.63) is 84.9 Å². The van der Waals surface area contributed by atoms with Crippen LogP contribution in [0, 0.1) is 0 Å². The Hall–Kier alpha value is -0.470. The van der Waals surface area contributed by atoms with Gasteiger partial charge in [0.1, 0.15) is 0 Å². The Bertz CT molecular complexity index is 653. The zero-order chi connectivity index (χ0) is 14.9. The van der Waals surface area contributed by atoms with Crippen LogP contribution in [0.1, 0.15) is 0 Å². The van der Waals surface area contributed by atoms with E-state index in [1.54, 1.807) is 0 Å². The second-order valence-electron chi connectivity index (χ2n) is 4.81. The maximum atomic E-state index is 2.15. The Labute approximate surface area is 183 Å². The summed E-state index contributed by atoms with van der Waals surface area (Å²) < 4.78 is 0. The molecule has 24 heavy (non-hydrogen) atoms. The molecule has 0 saturated carbocycles. The summed E-state index contributed by atoms with van der Waals surface area (Å²) >= 11 is 0. The summed E-state index contributed by atoms with van der Waals surface area (Å²) in [5.74, 6) is 0. The molecule has 0 atom stereocenters. The van der Waals surface area contributed by atoms with Crippen molar-refractivity contribution in [1.29, 1.82) is 0 Å². The van der Waals surface area contributed by atoms with Crippen molar-refractivity contribution in [2.24, 2.45) is 0 Å². The third kappa shape index (κ3) is 8.07. The van der Waals surface area contributed by atoms with Gasteiger partial charge in [0.25, 0.3) is 0 Å². The minimum absolute atomic E-state index is 0. The topological polar surface area (TPSA) is 0 Å². The van der Waals surface area contributed by atoms with Gasteiger partial charge < -0.3 is 0 Å². The number of fused-ring (bicyclic) bond motifs is 2. The minimum atomic E-state index is 0. The normalized spacial score (nSPS) is 8.42. The fourth-order valence-corrected chi connectivity index (χ4v) is 2.14. The maximum absolute atomic E-state index is 2.15. The second kappa shape index (κ2) is 14.8. The van der Waals surface area contributed by atoms with Gasteiger partial charge in [-0.3, -0.25) is 0 Å². The summed E-state index contributed by atoms with van der Waals surface area (Å²) in [7, 11) is 1.08. The van der Waals surface area contributed by atoms with E-state index in [9.17, 15) is 0 Å². The van der Waals surface area contributed by atoms with E-state index in [1.165, 1.54) is 21.5 Å². The van der Waals surface area contributed by atoms with Gasteiger partial charge in [-0.2, -0.15) is 35.0 Å². The number of rotatable bonds is 0. The van der Waals surface area contributed by atoms with Crippen LogP contribution in [0.3, 0.4) is 0 Å². The summed E-state index contributed by atoms with van der Waals surface area (Å²) in [4.78, 5) is 0. The number of hydrogen-bond acceptors (Lipinski definition) is 0. The van der Waals surface area contributed by atoms with E-state index in [0.717, 1.165) is 9.52 Å². The van der Waals surface area contributed by atoms with Crippen LogP contribution in [0.25, 0.3) is 21.5 Å². The molecule has 0 aliphatic heterocycles. The van der Waals surface area contributed by atoms with Crippen molar-refractivity contribution in [2.75, 3.05) is 0 Å². The van der Waals surface area contributed by atoms with Crippen LogP contribution in [0.2, 0.25) is 13.1 Å². The molecule has 0 unspecified atom stereocenters. The number of hydrogen-bond donors (Lipinski definition) is 0. The predicted octanol–water partition coefficient (Wildman–Crippen LogP) is 6.90. The smallest absolute Gasteiger partial charge is 0.168 e. The molecule has 0 nitrogen and oxygen atoms in total. The van der Waals surface area contributed by atoms with Gasteiger partial charge in [0.05, 0.1) is 0 Å². The van der Waals surface area contributed by atoms with Crippen LogP contribution in [0.5, 0.6) is 0 Å². The molecule has 0 aromatic heterocycles. The summed E-state index contributed by atoms with van der Waals surface area (Å²) in [5.41, 5.74) is 0. The van der Waals surface area contributed by atoms with E-state index in [4.69, 9.17) is 0 Å². The molecule has 124 valence electrons. The van der Waals surface area contributed by atoms with Gasteiger partial charge in [0, 0.05) is 9.52 Å². The molecule has 2 radical (unpaired) electrons. The summed E-state index contributed by atoms with van der Waals surface area (Å²) in [5, 5.41) is 5.32. The van der Waals surface area contributed by atoms with Gasteiger partial charge in [-0.1, -0.05) is 25.2 Å². The van der Waals surface area contributed by atoms with Crippen molar-refractivity contribution < 1.29 is 26.2 Å². The summed E-state index contributed by atoms with van der Waals surface area (Å²) in [6.45, 7) is 4.31. The molecule has 0 amide bonds. The fourth-order valence-electron chi connectivity index (χ4n) is 2.14. The van der Waals surface area contributed by atoms with Crippen LogP contribution in [-0.2, 0) is 26.2 Å². The Morgan fingerprint density at radius 3 is 1.33 bits per heavy atom. The molecule has 0 bridgehead atoms. The van der Waals surface area contributed by atoms with E-state index in [1.807, 2.05) is 0 Å². The van der Waals surface area contributed by atoms with Crippen LogP contribution in [0.15, 0.2) is 84.9 Å². The standard InChI is InChI=1S/2C9H7.C2H6Si.BrH.ClH.Zr/c2*1-2-5-9-7-3-6-8(9)4-1;1-3-2;;;/h2*1-7H;1-2H3;2*1H;/q2*-1;;;;+2. The molecule has 0 aliphatic rings. The van der Waals surface area contributed by atoms with Gasteiger partial charge in [0.15, 0.2) is 0 Å². The van der Waals surface area contributed by atoms with Crippen molar-refractivity contribution in [3.8, 4) is 0 Å². The first-order chi connectivity index (χ1) is 10.3. The van der Waals surface area contributed by atoms with Gasteiger partial charge in [-0.05, 0) is 0 Å². The van der Waals surface area contributed by atoms with Crippen LogP contribution in [-0.4, -0.2) is 9.52 Å². The molecule has 0 spiro atoms. The molecular formula is C20H22BrClSiZr. The molecule has 4 aromatic rings. The van der Waals surface area contributed by atoms with E-state index in [0.29, 0.717) is 0 Å². The third-order valence-electron chi connectivity index (χ3n) is 3.10. The zero-order valence-electron chi connectivity index (χ0n) is 13.9. The van der Waals surface area contributed by atoms with Crippen molar-refractivity contribution >= 4 is 60.5 Å². The van der Waals surface area contributed by atoms with Crippen molar-refractivity contribution in [3.63, 3.8) is 0 Å². The molecule has 0 N–H and O–H groups in total. The van der Waals surface area contributed by atoms with E-state index < -0.39 is 0 Å².